The summed E-state index contributed by atoms with van der Waals surface area (Å²) in [5, 5.41) is 3.15. The maximum Gasteiger partial charge on any atom is 0.255 e. The number of hydrogen-bond acceptors (Lipinski definition) is 6. The van der Waals surface area contributed by atoms with Gasteiger partial charge >= 0.3 is 0 Å². The van der Waals surface area contributed by atoms with E-state index in [1.165, 1.54) is 5.69 Å². The fourth-order valence-corrected chi connectivity index (χ4v) is 5.24. The third-order valence-corrected chi connectivity index (χ3v) is 7.17. The molecule has 5 nitrogen and oxygen atoms in total. The highest BCUT2D eigenvalue weighted by molar-refractivity contribution is 7.98. The van der Waals surface area contributed by atoms with Gasteiger partial charge in [0.1, 0.15) is 0 Å². The van der Waals surface area contributed by atoms with Crippen molar-refractivity contribution in [1.29, 1.82) is 0 Å². The number of carbonyl (C=O) groups is 1. The Balaban J connectivity index is 1.39. The number of amides is 1. The van der Waals surface area contributed by atoms with Crippen LogP contribution < -0.4 is 4.90 Å². The van der Waals surface area contributed by atoms with Gasteiger partial charge in [-0.15, -0.1) is 23.1 Å². The molecule has 0 bridgehead atoms. The molecule has 0 N–H and O–H groups in total. The molecule has 2 heterocycles. The lowest BCUT2D eigenvalue weighted by Gasteiger charge is -2.29. The first-order chi connectivity index (χ1) is 15.1. The molecule has 0 radical (unpaired) electrons. The van der Waals surface area contributed by atoms with Gasteiger partial charge in [0.05, 0.1) is 29.5 Å². The summed E-state index contributed by atoms with van der Waals surface area (Å²) in [5.41, 5.74) is 4.13. The van der Waals surface area contributed by atoms with Crippen LogP contribution in [0.5, 0.6) is 0 Å². The van der Waals surface area contributed by atoms with Crippen LogP contribution in [0, 0.1) is 6.92 Å². The van der Waals surface area contributed by atoms with E-state index in [-0.39, 0.29) is 5.91 Å². The first-order valence-corrected chi connectivity index (χ1v) is 12.3. The molecule has 31 heavy (non-hydrogen) atoms. The minimum atomic E-state index is 0.0369. The molecule has 2 aromatic carbocycles. The molecule has 1 fully saturated rings. The lowest BCUT2D eigenvalue weighted by atomic mass is 10.1. The van der Waals surface area contributed by atoms with E-state index in [1.54, 1.807) is 28.0 Å². The van der Waals surface area contributed by atoms with Crippen molar-refractivity contribution in [3.8, 4) is 0 Å². The molecule has 1 saturated heterocycles. The topological polar surface area (TPSA) is 45.7 Å². The van der Waals surface area contributed by atoms with Gasteiger partial charge in [0, 0.05) is 48.4 Å². The van der Waals surface area contributed by atoms with Crippen LogP contribution in [0.1, 0.15) is 26.6 Å². The average molecular weight is 454 g/mol. The number of hydrogen-bond donors (Lipinski definition) is 0. The van der Waals surface area contributed by atoms with E-state index in [1.807, 2.05) is 38.2 Å². The highest BCUT2D eigenvalue weighted by atomic mass is 32.2. The molecule has 1 amide bonds. The van der Waals surface area contributed by atoms with Crippen molar-refractivity contribution >= 4 is 34.7 Å². The average Bonchev–Trinajstić information content (AvgIpc) is 3.23. The quantitative estimate of drug-likeness (QED) is 0.479. The van der Waals surface area contributed by atoms with Gasteiger partial charge in [-0.25, -0.2) is 4.98 Å². The van der Waals surface area contributed by atoms with Crippen molar-refractivity contribution in [3.63, 3.8) is 0 Å². The predicted octanol–water partition coefficient (Wildman–Crippen LogP) is 4.85. The number of carbonyl (C=O) groups excluding carboxylic acids is 1. The molecule has 0 aliphatic carbocycles. The summed E-state index contributed by atoms with van der Waals surface area (Å²) < 4.78 is 5.43. The number of aromatic nitrogens is 1. The first kappa shape index (κ1) is 21.9. The zero-order chi connectivity index (χ0) is 21.6. The highest BCUT2D eigenvalue weighted by Gasteiger charge is 2.17. The summed E-state index contributed by atoms with van der Waals surface area (Å²) in [7, 11) is 1.86. The molecule has 0 spiro atoms. The molecular weight excluding hydrogens is 426 g/mol. The number of nitrogens with zero attached hydrogens (tertiary/aromatic N) is 3. The van der Waals surface area contributed by atoms with Crippen LogP contribution in [-0.2, 0) is 17.0 Å². The summed E-state index contributed by atoms with van der Waals surface area (Å²) in [6.45, 7) is 5.99. The standard InChI is InChI=1S/C24H27N3O2S2/c1-18-25-20(16-30-18)17-31-23-6-4-3-5-22(23)24(28)26(2)15-19-7-9-21(10-8-19)27-11-13-29-14-12-27/h3-10,16H,11-15,17H2,1-2H3. The lowest BCUT2D eigenvalue weighted by molar-refractivity contribution is 0.0781. The van der Waals surface area contributed by atoms with E-state index in [0.717, 1.165) is 58.8 Å². The third kappa shape index (κ3) is 5.67. The zero-order valence-corrected chi connectivity index (χ0v) is 19.5. The predicted molar refractivity (Wildman–Crippen MR) is 128 cm³/mol. The number of benzene rings is 2. The van der Waals surface area contributed by atoms with E-state index in [0.29, 0.717) is 6.54 Å². The van der Waals surface area contributed by atoms with Crippen LogP contribution in [0.25, 0.3) is 0 Å². The Morgan fingerprint density at radius 3 is 2.61 bits per heavy atom. The smallest absolute Gasteiger partial charge is 0.255 e. The number of anilines is 1. The Labute approximate surface area is 192 Å². The van der Waals surface area contributed by atoms with E-state index < -0.39 is 0 Å². The first-order valence-electron chi connectivity index (χ1n) is 10.4. The molecule has 4 rings (SSSR count). The monoisotopic (exact) mass is 453 g/mol. The van der Waals surface area contributed by atoms with E-state index >= 15 is 0 Å². The number of aryl methyl sites for hydroxylation is 1. The molecule has 1 aromatic heterocycles. The zero-order valence-electron chi connectivity index (χ0n) is 17.9. The summed E-state index contributed by atoms with van der Waals surface area (Å²) >= 11 is 3.32. The van der Waals surface area contributed by atoms with Gasteiger partial charge in [-0.05, 0) is 36.8 Å². The molecule has 0 saturated carbocycles. The van der Waals surface area contributed by atoms with Gasteiger partial charge in [0.2, 0.25) is 0 Å². The second kappa shape index (κ2) is 10.3. The third-order valence-electron chi connectivity index (χ3n) is 5.24. The number of thioether (sulfide) groups is 1. The van der Waals surface area contributed by atoms with Gasteiger partial charge < -0.3 is 14.5 Å². The normalized spacial score (nSPS) is 13.9. The van der Waals surface area contributed by atoms with Gasteiger partial charge in [0.15, 0.2) is 0 Å². The second-order valence-corrected chi connectivity index (χ2v) is 9.65. The fourth-order valence-electron chi connectivity index (χ4n) is 3.58. The van der Waals surface area contributed by atoms with Crippen LogP contribution in [-0.4, -0.2) is 49.1 Å². The molecular formula is C24H27N3O2S2. The second-order valence-electron chi connectivity index (χ2n) is 7.57. The Bertz CT molecular complexity index is 1010. The minimum Gasteiger partial charge on any atom is -0.378 e. The van der Waals surface area contributed by atoms with Crippen LogP contribution in [0.3, 0.4) is 0 Å². The maximum atomic E-state index is 13.2. The number of rotatable bonds is 7. The van der Waals surface area contributed by atoms with Gasteiger partial charge in [-0.3, -0.25) is 4.79 Å². The summed E-state index contributed by atoms with van der Waals surface area (Å²) in [6, 6.07) is 16.3. The van der Waals surface area contributed by atoms with Crippen LogP contribution >= 0.6 is 23.1 Å². The summed E-state index contributed by atoms with van der Waals surface area (Å²) in [6.07, 6.45) is 0. The van der Waals surface area contributed by atoms with Crippen molar-refractivity contribution in [1.82, 2.24) is 9.88 Å². The molecule has 3 aromatic rings. The van der Waals surface area contributed by atoms with Crippen molar-refractivity contribution in [2.24, 2.45) is 0 Å². The van der Waals surface area contributed by atoms with Crippen LogP contribution in [0.2, 0.25) is 0 Å². The van der Waals surface area contributed by atoms with Crippen molar-refractivity contribution in [2.45, 2.75) is 24.1 Å². The Kier molecular flexibility index (Phi) is 7.27. The molecule has 0 unspecified atom stereocenters. The highest BCUT2D eigenvalue weighted by Crippen LogP contribution is 2.28. The van der Waals surface area contributed by atoms with Gasteiger partial charge in [-0.2, -0.15) is 0 Å². The Morgan fingerprint density at radius 2 is 1.90 bits per heavy atom. The van der Waals surface area contributed by atoms with Crippen molar-refractivity contribution < 1.29 is 9.53 Å². The van der Waals surface area contributed by atoms with Crippen molar-refractivity contribution in [2.75, 3.05) is 38.3 Å². The lowest BCUT2D eigenvalue weighted by Crippen LogP contribution is -2.36. The fraction of sp³-hybridized carbons (Fsp3) is 0.333. The van der Waals surface area contributed by atoms with Gasteiger partial charge in [0.25, 0.3) is 5.91 Å². The molecule has 0 atom stereocenters. The minimum absolute atomic E-state index is 0.0369. The largest absolute Gasteiger partial charge is 0.378 e. The van der Waals surface area contributed by atoms with Gasteiger partial charge in [-0.1, -0.05) is 24.3 Å². The summed E-state index contributed by atoms with van der Waals surface area (Å²) in [4.78, 5) is 22.8. The number of ether oxygens (including phenoxy) is 1. The van der Waals surface area contributed by atoms with Crippen LogP contribution in [0.15, 0.2) is 58.8 Å². The number of thiazole rings is 1. The van der Waals surface area contributed by atoms with E-state index in [4.69, 9.17) is 4.74 Å². The van der Waals surface area contributed by atoms with E-state index in [2.05, 4.69) is 39.5 Å². The number of morpholine rings is 1. The van der Waals surface area contributed by atoms with Crippen molar-refractivity contribution in [3.05, 3.63) is 75.7 Å². The Hall–Kier alpha value is -2.35. The SMILES string of the molecule is Cc1nc(CSc2ccccc2C(=O)N(C)Cc2ccc(N3CCOCC3)cc2)cs1. The molecule has 162 valence electrons. The molecule has 7 heteroatoms. The molecule has 1 aliphatic rings. The summed E-state index contributed by atoms with van der Waals surface area (Å²) in [5.74, 6) is 0.802. The van der Waals surface area contributed by atoms with Crippen LogP contribution in [0.4, 0.5) is 5.69 Å². The molecule has 1 aliphatic heterocycles. The Morgan fingerprint density at radius 1 is 1.16 bits per heavy atom. The van der Waals surface area contributed by atoms with E-state index in [9.17, 15) is 4.79 Å². The maximum absolute atomic E-state index is 13.2.